The van der Waals surface area contributed by atoms with E-state index in [-0.39, 0.29) is 29.5 Å². The van der Waals surface area contributed by atoms with Crippen LogP contribution in [-0.4, -0.2) is 28.6 Å². The minimum absolute atomic E-state index is 0. The van der Waals surface area contributed by atoms with Crippen LogP contribution in [0.25, 0.3) is 5.69 Å². The van der Waals surface area contributed by atoms with Crippen LogP contribution in [0.15, 0.2) is 144 Å². The maximum absolute atomic E-state index is 14.3. The molecule has 2 N–H and O–H groups in total. The molecule has 0 fully saturated rings. The van der Waals surface area contributed by atoms with Gasteiger partial charge in [0.05, 0.1) is 18.3 Å². The number of benzene rings is 5. The molecule has 0 bridgehead atoms. The molecule has 0 aliphatic rings. The highest BCUT2D eigenvalue weighted by Gasteiger charge is 2.40. The van der Waals surface area contributed by atoms with Crippen molar-refractivity contribution in [1.29, 1.82) is 0 Å². The second kappa shape index (κ2) is 14.5. The van der Waals surface area contributed by atoms with Gasteiger partial charge in [0, 0.05) is 37.6 Å². The lowest BCUT2D eigenvalue weighted by molar-refractivity contribution is -0.825. The number of hydrogen-bond donors (Lipinski definition) is 2. The van der Waals surface area contributed by atoms with E-state index in [1.807, 2.05) is 110 Å². The number of rotatable bonds is 10. The van der Waals surface area contributed by atoms with Gasteiger partial charge in [-0.3, -0.25) is 9.48 Å². The molecule has 240 valence electrons. The monoisotopic (exact) mass is 736 g/mol. The fourth-order valence-corrected chi connectivity index (χ4v) is 6.35. The average Bonchev–Trinajstić information content (AvgIpc) is 3.32. The molecule has 6 rings (SSSR count). The van der Waals surface area contributed by atoms with Crippen molar-refractivity contribution >= 4 is 11.4 Å². The Kier molecular flexibility index (Phi) is 10.5. The highest BCUT2D eigenvalue weighted by molar-refractivity contribution is 5.55. The summed E-state index contributed by atoms with van der Waals surface area (Å²) < 4.78 is 3.45. The van der Waals surface area contributed by atoms with E-state index in [4.69, 9.17) is 0 Å². The standard InChI is InChI=1S/C40H40N4O2.HI/c1-30-38(39(45)44(43(30)4)37-18-12-7-13-19-37)40(46,33-20-24-35(25-21-33)41(2)28-31-14-8-5-9-15-31)34-22-26-36(27-23-34)42(3)29-32-16-10-6-11-17-32;/h5-27,46H,28-29H2,1-4H3;1H. The molecule has 0 aliphatic heterocycles. The van der Waals surface area contributed by atoms with Crippen LogP contribution in [0, 0.1) is 6.92 Å². The van der Waals surface area contributed by atoms with Crippen molar-refractivity contribution in [3.63, 3.8) is 0 Å². The summed E-state index contributed by atoms with van der Waals surface area (Å²) in [6.07, 6.45) is 0. The van der Waals surface area contributed by atoms with Gasteiger partial charge in [0.15, 0.2) is 0 Å². The minimum Gasteiger partial charge on any atom is -1.00 e. The minimum atomic E-state index is -1.69. The van der Waals surface area contributed by atoms with Crippen LogP contribution < -0.4 is 39.3 Å². The van der Waals surface area contributed by atoms with Crippen LogP contribution in [0.3, 0.4) is 0 Å². The third kappa shape index (κ3) is 6.83. The Balaban J connectivity index is 0.00000433. The number of halogens is 1. The first-order chi connectivity index (χ1) is 22.3. The molecule has 0 saturated carbocycles. The van der Waals surface area contributed by atoms with Crippen LogP contribution in [0.5, 0.6) is 0 Å². The number of nitrogens with one attached hydrogen (secondary N) is 1. The van der Waals surface area contributed by atoms with E-state index in [1.165, 1.54) is 16.0 Å². The van der Waals surface area contributed by atoms with Crippen molar-refractivity contribution in [1.82, 2.24) is 9.36 Å². The molecule has 6 nitrogen and oxygen atoms in total. The number of para-hydroxylation sites is 1. The van der Waals surface area contributed by atoms with Crippen molar-refractivity contribution < 1.29 is 34.0 Å². The highest BCUT2D eigenvalue weighted by atomic mass is 127. The van der Waals surface area contributed by atoms with Crippen molar-refractivity contribution in [3.8, 4) is 5.69 Å². The van der Waals surface area contributed by atoms with E-state index in [0.717, 1.165) is 30.2 Å². The van der Waals surface area contributed by atoms with Crippen LogP contribution in [0.4, 0.5) is 11.4 Å². The molecule has 0 amide bonds. The molecule has 0 aliphatic carbocycles. The Morgan fingerprint density at radius 2 is 1.21 bits per heavy atom. The van der Waals surface area contributed by atoms with Gasteiger partial charge in [-0.25, -0.2) is 4.68 Å². The molecule has 0 radical (unpaired) electrons. The molecule has 6 aromatic rings. The van der Waals surface area contributed by atoms with Gasteiger partial charge in [-0.15, -0.1) is 0 Å². The summed E-state index contributed by atoms with van der Waals surface area (Å²) in [4.78, 5) is 17.7. The molecule has 7 heteroatoms. The summed E-state index contributed by atoms with van der Waals surface area (Å²) in [5.41, 5.74) is 5.67. The second-order valence-electron chi connectivity index (χ2n) is 12.1. The lowest BCUT2D eigenvalue weighted by atomic mass is 9.80. The lowest BCUT2D eigenvalue weighted by Crippen LogP contribution is -3.02. The summed E-state index contributed by atoms with van der Waals surface area (Å²) >= 11 is 0. The fraction of sp³-hybridized carbons (Fsp3) is 0.175. The zero-order valence-corrected chi connectivity index (χ0v) is 29.4. The lowest BCUT2D eigenvalue weighted by Gasteiger charge is -2.30. The van der Waals surface area contributed by atoms with E-state index in [9.17, 15) is 9.90 Å². The largest absolute Gasteiger partial charge is 1.00 e. The normalized spacial score (nSPS) is 13.0. The molecule has 2 atom stereocenters. The summed E-state index contributed by atoms with van der Waals surface area (Å²) in [7, 11) is 6.06. The third-order valence-corrected chi connectivity index (χ3v) is 9.01. The molecule has 0 saturated heterocycles. The number of aromatic nitrogens is 2. The Labute approximate surface area is 294 Å². The molecule has 0 spiro atoms. The van der Waals surface area contributed by atoms with Crippen LogP contribution in [-0.2, 0) is 25.7 Å². The van der Waals surface area contributed by atoms with Crippen LogP contribution >= 0.6 is 0 Å². The Morgan fingerprint density at radius 1 is 0.723 bits per heavy atom. The SMILES string of the molecule is Cc1c(C(O)(c2ccc(N(C)Cc3ccccc3)cc2)c2ccc([NH+](C)Cc3ccccc3)cc2)c(=O)n(-c2ccccc2)n1C.[I-]. The Morgan fingerprint density at radius 3 is 1.77 bits per heavy atom. The number of hydrogen-bond acceptors (Lipinski definition) is 3. The summed E-state index contributed by atoms with van der Waals surface area (Å²) in [6, 6.07) is 46.2. The van der Waals surface area contributed by atoms with Crippen molar-refractivity contribution in [2.24, 2.45) is 7.05 Å². The Hall–Kier alpha value is -4.44. The maximum atomic E-state index is 14.3. The van der Waals surface area contributed by atoms with Gasteiger partial charge in [0.1, 0.15) is 17.8 Å². The topological polar surface area (TPSA) is 54.8 Å². The first-order valence-electron chi connectivity index (χ1n) is 15.7. The summed E-state index contributed by atoms with van der Waals surface area (Å²) in [5, 5.41) is 13.0. The maximum Gasteiger partial charge on any atom is 0.278 e. The van der Waals surface area contributed by atoms with Gasteiger partial charge in [-0.05, 0) is 72.1 Å². The van der Waals surface area contributed by atoms with Gasteiger partial charge in [-0.2, -0.15) is 0 Å². The first-order valence-corrected chi connectivity index (χ1v) is 15.7. The van der Waals surface area contributed by atoms with Crippen molar-refractivity contribution in [2.75, 3.05) is 19.0 Å². The second-order valence-corrected chi connectivity index (χ2v) is 12.1. The number of anilines is 1. The van der Waals surface area contributed by atoms with Crippen molar-refractivity contribution in [3.05, 3.63) is 183 Å². The molecule has 2 unspecified atom stereocenters. The van der Waals surface area contributed by atoms with Gasteiger partial charge in [0.25, 0.3) is 5.56 Å². The van der Waals surface area contributed by atoms with Gasteiger partial charge in [-0.1, -0.05) is 91.0 Å². The molecule has 5 aromatic carbocycles. The number of quaternary nitrogens is 1. The van der Waals surface area contributed by atoms with E-state index in [0.29, 0.717) is 22.4 Å². The predicted molar refractivity (Wildman–Crippen MR) is 186 cm³/mol. The molecule has 1 aromatic heterocycles. The predicted octanol–water partition coefficient (Wildman–Crippen LogP) is 2.76. The van der Waals surface area contributed by atoms with Crippen molar-refractivity contribution in [2.45, 2.75) is 25.6 Å². The smallest absolute Gasteiger partial charge is 0.278 e. The van der Waals surface area contributed by atoms with Crippen LogP contribution in [0.2, 0.25) is 0 Å². The molecule has 47 heavy (non-hydrogen) atoms. The number of aliphatic hydroxyl groups is 1. The fourth-order valence-electron chi connectivity index (χ4n) is 6.35. The highest BCUT2D eigenvalue weighted by Crippen LogP contribution is 2.38. The van der Waals surface area contributed by atoms with Crippen LogP contribution in [0.1, 0.15) is 33.5 Å². The summed E-state index contributed by atoms with van der Waals surface area (Å²) in [5.74, 6) is 0. The third-order valence-electron chi connectivity index (χ3n) is 9.01. The quantitative estimate of drug-likeness (QED) is 0.213. The van der Waals surface area contributed by atoms with E-state index in [1.54, 1.807) is 4.68 Å². The molecular formula is C40H41IN4O2. The zero-order valence-electron chi connectivity index (χ0n) is 27.3. The van der Waals surface area contributed by atoms with Gasteiger partial charge >= 0.3 is 0 Å². The first kappa shape index (κ1) is 33.9. The van der Waals surface area contributed by atoms with Gasteiger partial charge in [0.2, 0.25) is 0 Å². The van der Waals surface area contributed by atoms with E-state index in [2.05, 4.69) is 67.5 Å². The molecular weight excluding hydrogens is 695 g/mol. The van der Waals surface area contributed by atoms with E-state index >= 15 is 0 Å². The van der Waals surface area contributed by atoms with E-state index < -0.39 is 5.60 Å². The van der Waals surface area contributed by atoms with Gasteiger partial charge < -0.3 is 38.9 Å². The Bertz CT molecular complexity index is 1860. The average molecular weight is 737 g/mol. The summed E-state index contributed by atoms with van der Waals surface area (Å²) in [6.45, 7) is 3.49. The number of nitrogens with zero attached hydrogens (tertiary/aromatic N) is 3. The zero-order chi connectivity index (χ0) is 32.3. The molecule has 1 heterocycles.